The molecule has 4 heteroatoms. The van der Waals surface area contributed by atoms with E-state index in [1.807, 2.05) is 36.4 Å². The predicted molar refractivity (Wildman–Crippen MR) is 193 cm³/mol. The Morgan fingerprint density at radius 2 is 0.872 bits per heavy atom. The van der Waals surface area contributed by atoms with Crippen molar-refractivity contribution in [1.29, 1.82) is 0 Å². The van der Waals surface area contributed by atoms with Gasteiger partial charge in [0.15, 0.2) is 17.5 Å². The lowest BCUT2D eigenvalue weighted by atomic mass is 10.0. The summed E-state index contributed by atoms with van der Waals surface area (Å²) in [6.45, 7) is 0. The molecule has 0 aliphatic rings. The van der Waals surface area contributed by atoms with Gasteiger partial charge in [-0.3, -0.25) is 0 Å². The third-order valence-corrected chi connectivity index (χ3v) is 8.87. The van der Waals surface area contributed by atoms with Crippen LogP contribution in [0.25, 0.3) is 83.6 Å². The van der Waals surface area contributed by atoms with Crippen molar-refractivity contribution < 1.29 is 0 Å². The first-order chi connectivity index (χ1) is 23.3. The van der Waals surface area contributed by atoms with Gasteiger partial charge in [0.25, 0.3) is 0 Å². The van der Waals surface area contributed by atoms with Crippen molar-refractivity contribution in [2.75, 3.05) is 0 Å². The van der Waals surface area contributed by atoms with Gasteiger partial charge in [-0.05, 0) is 46.2 Å². The zero-order chi connectivity index (χ0) is 31.2. The van der Waals surface area contributed by atoms with Gasteiger partial charge in [-0.2, -0.15) is 0 Å². The average Bonchev–Trinajstić information content (AvgIpc) is 3.50. The van der Waals surface area contributed by atoms with Crippen molar-refractivity contribution >= 4 is 32.6 Å². The van der Waals surface area contributed by atoms with E-state index in [1.165, 1.54) is 27.1 Å². The van der Waals surface area contributed by atoms with Gasteiger partial charge in [0, 0.05) is 27.5 Å². The molecule has 0 saturated heterocycles. The van der Waals surface area contributed by atoms with Crippen molar-refractivity contribution in [3.05, 3.63) is 170 Å². The summed E-state index contributed by atoms with van der Waals surface area (Å²) in [5.41, 5.74) is 8.44. The fourth-order valence-corrected chi connectivity index (χ4v) is 6.64. The highest BCUT2D eigenvalue weighted by Crippen LogP contribution is 2.39. The van der Waals surface area contributed by atoms with Crippen LogP contribution in [0, 0.1) is 0 Å². The first kappa shape index (κ1) is 27.0. The van der Waals surface area contributed by atoms with Crippen LogP contribution in [-0.2, 0) is 0 Å². The molecular formula is C43H28N4. The van der Waals surface area contributed by atoms with Crippen LogP contribution in [0.15, 0.2) is 170 Å². The molecule has 0 spiro atoms. The molecule has 4 nitrogen and oxygen atoms in total. The first-order valence-corrected chi connectivity index (χ1v) is 15.8. The van der Waals surface area contributed by atoms with Crippen LogP contribution in [0.5, 0.6) is 0 Å². The number of nitrogens with zero attached hydrogens (tertiary/aromatic N) is 4. The molecule has 2 aromatic heterocycles. The summed E-state index contributed by atoms with van der Waals surface area (Å²) in [5, 5.41) is 4.93. The van der Waals surface area contributed by atoms with E-state index in [4.69, 9.17) is 15.0 Å². The third-order valence-electron chi connectivity index (χ3n) is 8.87. The summed E-state index contributed by atoms with van der Waals surface area (Å²) in [6.07, 6.45) is 0. The molecular weight excluding hydrogens is 573 g/mol. The lowest BCUT2D eigenvalue weighted by Gasteiger charge is -2.14. The van der Waals surface area contributed by atoms with Crippen LogP contribution in [0.4, 0.5) is 0 Å². The lowest BCUT2D eigenvalue weighted by Crippen LogP contribution is -2.03. The highest BCUT2D eigenvalue weighted by Gasteiger charge is 2.20. The van der Waals surface area contributed by atoms with E-state index in [0.29, 0.717) is 17.5 Å². The van der Waals surface area contributed by atoms with Crippen LogP contribution in [0.2, 0.25) is 0 Å². The minimum atomic E-state index is 0.628. The maximum absolute atomic E-state index is 5.15. The Balaban J connectivity index is 1.27. The van der Waals surface area contributed by atoms with Crippen molar-refractivity contribution in [2.24, 2.45) is 0 Å². The van der Waals surface area contributed by atoms with Gasteiger partial charge in [0.1, 0.15) is 0 Å². The topological polar surface area (TPSA) is 43.6 Å². The highest BCUT2D eigenvalue weighted by atomic mass is 15.1. The number of para-hydroxylation sites is 2. The summed E-state index contributed by atoms with van der Waals surface area (Å²) in [5.74, 6) is 1.90. The van der Waals surface area contributed by atoms with E-state index in [-0.39, 0.29) is 0 Å². The maximum Gasteiger partial charge on any atom is 0.166 e. The molecule has 0 aliphatic heterocycles. The Labute approximate surface area is 272 Å². The average molecular weight is 601 g/mol. The summed E-state index contributed by atoms with van der Waals surface area (Å²) < 4.78 is 2.35. The molecule has 0 unspecified atom stereocenters. The molecule has 9 rings (SSSR count). The van der Waals surface area contributed by atoms with Gasteiger partial charge in [-0.25, -0.2) is 15.0 Å². The molecule has 7 aromatic carbocycles. The van der Waals surface area contributed by atoms with E-state index >= 15 is 0 Å². The van der Waals surface area contributed by atoms with Crippen molar-refractivity contribution in [1.82, 2.24) is 19.5 Å². The number of aromatic nitrogens is 4. The Hall–Kier alpha value is -6.39. The minimum absolute atomic E-state index is 0.628. The lowest BCUT2D eigenvalue weighted by molar-refractivity contribution is 1.06. The molecule has 0 amide bonds. The fraction of sp³-hybridized carbons (Fsp3) is 0. The molecule has 9 aromatic rings. The van der Waals surface area contributed by atoms with E-state index in [1.54, 1.807) is 0 Å². The SMILES string of the molecule is c1ccc(-c2ccc(-c3nc(-c4ccccc4)nc(-c4ccccc4-n4c5ccccc5c5c6ccccc6ccc54)n3)cc2)cc1. The van der Waals surface area contributed by atoms with Crippen LogP contribution >= 0.6 is 0 Å². The Morgan fingerprint density at radius 1 is 0.340 bits per heavy atom. The molecule has 2 heterocycles. The number of rotatable bonds is 5. The highest BCUT2D eigenvalue weighted by molar-refractivity contribution is 6.21. The van der Waals surface area contributed by atoms with Gasteiger partial charge in [-0.1, -0.05) is 146 Å². The molecule has 47 heavy (non-hydrogen) atoms. The third kappa shape index (κ3) is 4.66. The van der Waals surface area contributed by atoms with E-state index in [2.05, 4.69) is 138 Å². The second-order valence-electron chi connectivity index (χ2n) is 11.7. The molecule has 0 saturated carbocycles. The second-order valence-corrected chi connectivity index (χ2v) is 11.7. The van der Waals surface area contributed by atoms with Crippen molar-refractivity contribution in [3.63, 3.8) is 0 Å². The zero-order valence-electron chi connectivity index (χ0n) is 25.5. The van der Waals surface area contributed by atoms with Gasteiger partial charge >= 0.3 is 0 Å². The molecule has 0 aliphatic carbocycles. The van der Waals surface area contributed by atoms with Crippen LogP contribution in [0.1, 0.15) is 0 Å². The van der Waals surface area contributed by atoms with Crippen molar-refractivity contribution in [3.8, 4) is 51.0 Å². The Bertz CT molecular complexity index is 2550. The maximum atomic E-state index is 5.15. The summed E-state index contributed by atoms with van der Waals surface area (Å²) in [7, 11) is 0. The van der Waals surface area contributed by atoms with E-state index < -0.39 is 0 Å². The first-order valence-electron chi connectivity index (χ1n) is 15.8. The molecule has 0 fully saturated rings. The minimum Gasteiger partial charge on any atom is -0.308 e. The summed E-state index contributed by atoms with van der Waals surface area (Å²) in [4.78, 5) is 15.3. The second kappa shape index (κ2) is 11.2. The molecule has 0 radical (unpaired) electrons. The van der Waals surface area contributed by atoms with Gasteiger partial charge < -0.3 is 4.57 Å². The number of hydrogen-bond donors (Lipinski definition) is 0. The van der Waals surface area contributed by atoms with E-state index in [0.717, 1.165) is 39.0 Å². The zero-order valence-corrected chi connectivity index (χ0v) is 25.5. The molecule has 220 valence electrons. The van der Waals surface area contributed by atoms with Gasteiger partial charge in [0.2, 0.25) is 0 Å². The quantitative estimate of drug-likeness (QED) is 0.197. The fourth-order valence-electron chi connectivity index (χ4n) is 6.64. The smallest absolute Gasteiger partial charge is 0.166 e. The Kier molecular flexibility index (Phi) is 6.43. The van der Waals surface area contributed by atoms with Gasteiger partial charge in [-0.15, -0.1) is 0 Å². The normalized spacial score (nSPS) is 11.4. The standard InChI is InChI=1S/C43H28N4/c1-3-13-29(14-4-1)30-23-25-33(26-24-30)42-44-41(32-16-5-2-6-17-32)45-43(46-42)36-20-10-12-22-38(36)47-37-21-11-9-19-35(37)40-34-18-8-7-15-31(34)27-28-39(40)47/h1-28H. The van der Waals surface area contributed by atoms with Crippen molar-refractivity contribution in [2.45, 2.75) is 0 Å². The summed E-state index contributed by atoms with van der Waals surface area (Å²) >= 11 is 0. The van der Waals surface area contributed by atoms with E-state index in [9.17, 15) is 0 Å². The Morgan fingerprint density at radius 3 is 1.64 bits per heavy atom. The monoisotopic (exact) mass is 600 g/mol. The summed E-state index contributed by atoms with van der Waals surface area (Å²) in [6, 6.07) is 59.1. The van der Waals surface area contributed by atoms with Crippen LogP contribution in [-0.4, -0.2) is 19.5 Å². The largest absolute Gasteiger partial charge is 0.308 e. The molecule has 0 bridgehead atoms. The number of fused-ring (bicyclic) bond motifs is 5. The molecule has 0 N–H and O–H groups in total. The predicted octanol–water partition coefficient (Wildman–Crippen LogP) is 10.8. The number of benzene rings is 7. The van der Waals surface area contributed by atoms with Gasteiger partial charge in [0.05, 0.1) is 16.7 Å². The van der Waals surface area contributed by atoms with Crippen LogP contribution in [0.3, 0.4) is 0 Å². The molecule has 0 atom stereocenters. The van der Waals surface area contributed by atoms with Crippen LogP contribution < -0.4 is 0 Å². The number of hydrogen-bond acceptors (Lipinski definition) is 3.